The third-order valence-electron chi connectivity index (χ3n) is 4.46. The molecule has 1 aliphatic heterocycles. The Morgan fingerprint density at radius 2 is 2.27 bits per heavy atom. The smallest absolute Gasteiger partial charge is 0.321 e. The predicted octanol–water partition coefficient (Wildman–Crippen LogP) is 1.67. The number of benzene rings is 1. The van der Waals surface area contributed by atoms with Crippen LogP contribution in [-0.4, -0.2) is 31.1 Å². The molecule has 6 nitrogen and oxygen atoms in total. The van der Waals surface area contributed by atoms with Crippen LogP contribution in [0.2, 0.25) is 0 Å². The Labute approximate surface area is 130 Å². The van der Waals surface area contributed by atoms with Crippen LogP contribution in [0.3, 0.4) is 0 Å². The Morgan fingerprint density at radius 3 is 2.95 bits per heavy atom. The molecule has 6 heteroatoms. The number of urea groups is 1. The molecule has 2 fully saturated rings. The van der Waals surface area contributed by atoms with E-state index in [1.807, 2.05) is 24.3 Å². The summed E-state index contributed by atoms with van der Waals surface area (Å²) in [6.45, 7) is 1.29. The highest BCUT2D eigenvalue weighted by molar-refractivity contribution is 5.96. The van der Waals surface area contributed by atoms with Crippen LogP contribution in [0.5, 0.6) is 0 Å². The number of amides is 3. The maximum Gasteiger partial charge on any atom is 0.321 e. The number of carbonyl (C=O) groups is 2. The SMILES string of the molecule is N[C@@H]1CCC[C@H]1CC(=O)Nc1cccc(N2CCNC2=O)c1. The van der Waals surface area contributed by atoms with Gasteiger partial charge in [0.15, 0.2) is 0 Å². The van der Waals surface area contributed by atoms with Crippen molar-refractivity contribution in [2.45, 2.75) is 31.7 Å². The molecule has 1 aromatic rings. The molecule has 1 heterocycles. The molecule has 1 aromatic carbocycles. The Balaban J connectivity index is 1.62. The summed E-state index contributed by atoms with van der Waals surface area (Å²) in [4.78, 5) is 25.5. The summed E-state index contributed by atoms with van der Waals surface area (Å²) in [5.41, 5.74) is 7.52. The lowest BCUT2D eigenvalue weighted by atomic mass is 10.00. The van der Waals surface area contributed by atoms with Crippen LogP contribution in [-0.2, 0) is 4.79 Å². The average Bonchev–Trinajstić information content (AvgIpc) is 3.08. The number of anilines is 2. The number of hydrogen-bond acceptors (Lipinski definition) is 3. The average molecular weight is 302 g/mol. The first kappa shape index (κ1) is 14.8. The van der Waals surface area contributed by atoms with Crippen molar-refractivity contribution >= 4 is 23.3 Å². The van der Waals surface area contributed by atoms with Gasteiger partial charge in [-0.3, -0.25) is 9.69 Å². The highest BCUT2D eigenvalue weighted by Gasteiger charge is 2.26. The molecular formula is C16H22N4O2. The van der Waals surface area contributed by atoms with Crippen molar-refractivity contribution in [2.24, 2.45) is 11.7 Å². The van der Waals surface area contributed by atoms with E-state index < -0.39 is 0 Å². The number of rotatable bonds is 4. The molecular weight excluding hydrogens is 280 g/mol. The zero-order chi connectivity index (χ0) is 15.5. The summed E-state index contributed by atoms with van der Waals surface area (Å²) in [7, 11) is 0. The molecule has 1 saturated heterocycles. The highest BCUT2D eigenvalue weighted by atomic mass is 16.2. The fourth-order valence-electron chi connectivity index (χ4n) is 3.24. The van der Waals surface area contributed by atoms with Gasteiger partial charge in [-0.05, 0) is 37.0 Å². The molecule has 22 heavy (non-hydrogen) atoms. The number of nitrogens with two attached hydrogens (primary N) is 1. The van der Waals surface area contributed by atoms with Gasteiger partial charge in [-0.25, -0.2) is 4.79 Å². The number of carbonyl (C=O) groups excluding carboxylic acids is 2. The van der Waals surface area contributed by atoms with Gasteiger partial charge in [0.2, 0.25) is 5.91 Å². The largest absolute Gasteiger partial charge is 0.336 e. The number of nitrogens with zero attached hydrogens (tertiary/aromatic N) is 1. The number of hydrogen-bond donors (Lipinski definition) is 3. The van der Waals surface area contributed by atoms with Gasteiger partial charge in [0.05, 0.1) is 0 Å². The summed E-state index contributed by atoms with van der Waals surface area (Å²) in [6, 6.07) is 7.43. The second-order valence-electron chi connectivity index (χ2n) is 6.04. The predicted molar refractivity (Wildman–Crippen MR) is 85.7 cm³/mol. The van der Waals surface area contributed by atoms with Crippen molar-refractivity contribution < 1.29 is 9.59 Å². The summed E-state index contributed by atoms with van der Waals surface area (Å²) in [5.74, 6) is 0.276. The van der Waals surface area contributed by atoms with E-state index in [0.29, 0.717) is 25.2 Å². The van der Waals surface area contributed by atoms with Crippen molar-refractivity contribution in [3.05, 3.63) is 24.3 Å². The zero-order valence-corrected chi connectivity index (χ0v) is 12.5. The van der Waals surface area contributed by atoms with Crippen molar-refractivity contribution in [3.63, 3.8) is 0 Å². The fraction of sp³-hybridized carbons (Fsp3) is 0.500. The monoisotopic (exact) mass is 302 g/mol. The third-order valence-corrected chi connectivity index (χ3v) is 4.46. The highest BCUT2D eigenvalue weighted by Crippen LogP contribution is 2.27. The molecule has 2 aliphatic rings. The van der Waals surface area contributed by atoms with Crippen LogP contribution in [0.15, 0.2) is 24.3 Å². The molecule has 1 saturated carbocycles. The maximum absolute atomic E-state index is 12.2. The van der Waals surface area contributed by atoms with Gasteiger partial charge in [-0.1, -0.05) is 12.5 Å². The molecule has 118 valence electrons. The van der Waals surface area contributed by atoms with Gasteiger partial charge in [0.25, 0.3) is 0 Å². The van der Waals surface area contributed by atoms with E-state index in [2.05, 4.69) is 10.6 Å². The van der Waals surface area contributed by atoms with E-state index in [4.69, 9.17) is 5.73 Å². The van der Waals surface area contributed by atoms with Gasteiger partial charge in [-0.2, -0.15) is 0 Å². The van der Waals surface area contributed by atoms with Crippen LogP contribution in [0.25, 0.3) is 0 Å². The van der Waals surface area contributed by atoms with Crippen LogP contribution in [0, 0.1) is 5.92 Å². The van der Waals surface area contributed by atoms with E-state index in [-0.39, 0.29) is 23.9 Å². The minimum atomic E-state index is -0.0968. The van der Waals surface area contributed by atoms with Crippen LogP contribution >= 0.6 is 0 Å². The molecule has 4 N–H and O–H groups in total. The summed E-state index contributed by atoms with van der Waals surface area (Å²) < 4.78 is 0. The lowest BCUT2D eigenvalue weighted by Crippen LogP contribution is -2.28. The quantitative estimate of drug-likeness (QED) is 0.790. The maximum atomic E-state index is 12.2. The standard InChI is InChI=1S/C16H22N4O2/c17-14-6-1-3-11(14)9-15(21)19-12-4-2-5-13(10-12)20-8-7-18-16(20)22/h2,4-5,10-11,14H,1,3,6-9,17H2,(H,18,22)(H,19,21)/t11-,14+/m0/s1. The normalized spacial score (nSPS) is 24.4. The van der Waals surface area contributed by atoms with Crippen molar-refractivity contribution in [2.75, 3.05) is 23.3 Å². The van der Waals surface area contributed by atoms with Gasteiger partial charge in [0.1, 0.15) is 0 Å². The topological polar surface area (TPSA) is 87.5 Å². The van der Waals surface area contributed by atoms with E-state index >= 15 is 0 Å². The summed E-state index contributed by atoms with van der Waals surface area (Å²) in [6.07, 6.45) is 3.62. The summed E-state index contributed by atoms with van der Waals surface area (Å²) in [5, 5.41) is 5.68. The minimum absolute atomic E-state index is 0.00891. The van der Waals surface area contributed by atoms with Crippen LogP contribution in [0.4, 0.5) is 16.2 Å². The van der Waals surface area contributed by atoms with Crippen molar-refractivity contribution in [3.8, 4) is 0 Å². The second kappa shape index (κ2) is 6.36. The molecule has 1 aliphatic carbocycles. The third kappa shape index (κ3) is 3.22. The Hall–Kier alpha value is -2.08. The summed E-state index contributed by atoms with van der Waals surface area (Å²) >= 11 is 0. The first-order chi connectivity index (χ1) is 10.6. The van der Waals surface area contributed by atoms with Gasteiger partial charge >= 0.3 is 6.03 Å². The molecule has 2 atom stereocenters. The first-order valence-electron chi connectivity index (χ1n) is 7.84. The van der Waals surface area contributed by atoms with E-state index in [0.717, 1.165) is 24.9 Å². The molecule has 3 amide bonds. The first-order valence-corrected chi connectivity index (χ1v) is 7.84. The van der Waals surface area contributed by atoms with Gasteiger partial charge in [-0.15, -0.1) is 0 Å². The molecule has 0 unspecified atom stereocenters. The molecule has 0 radical (unpaired) electrons. The number of nitrogens with one attached hydrogen (secondary N) is 2. The lowest BCUT2D eigenvalue weighted by Gasteiger charge is -2.17. The van der Waals surface area contributed by atoms with E-state index in [1.54, 1.807) is 4.90 Å². The second-order valence-corrected chi connectivity index (χ2v) is 6.04. The van der Waals surface area contributed by atoms with Crippen LogP contribution in [0.1, 0.15) is 25.7 Å². The van der Waals surface area contributed by atoms with Crippen molar-refractivity contribution in [1.29, 1.82) is 0 Å². The zero-order valence-electron chi connectivity index (χ0n) is 12.5. The fourth-order valence-corrected chi connectivity index (χ4v) is 3.24. The van der Waals surface area contributed by atoms with Gasteiger partial charge < -0.3 is 16.4 Å². The Morgan fingerprint density at radius 1 is 1.41 bits per heavy atom. The molecule has 0 aromatic heterocycles. The Bertz CT molecular complexity index is 575. The molecule has 0 bridgehead atoms. The van der Waals surface area contributed by atoms with E-state index in [9.17, 15) is 9.59 Å². The van der Waals surface area contributed by atoms with E-state index in [1.165, 1.54) is 0 Å². The molecule has 3 rings (SSSR count). The minimum Gasteiger partial charge on any atom is -0.336 e. The lowest BCUT2D eigenvalue weighted by molar-refractivity contribution is -0.117. The Kier molecular flexibility index (Phi) is 4.29. The van der Waals surface area contributed by atoms with Gasteiger partial charge in [0, 0.05) is 36.9 Å². The molecule has 0 spiro atoms. The van der Waals surface area contributed by atoms with Crippen molar-refractivity contribution in [1.82, 2.24) is 5.32 Å². The van der Waals surface area contributed by atoms with Crippen LogP contribution < -0.4 is 21.3 Å².